The number of carbonyl (C=O) groups excluding carboxylic acids is 1. The molecule has 0 aliphatic heterocycles. The number of anilines is 2. The summed E-state index contributed by atoms with van der Waals surface area (Å²) in [6, 6.07) is 32.8. The average molecular weight is 478 g/mol. The number of fused-ring (bicyclic) bond motifs is 3. The fraction of sp³-hybridized carbons (Fsp3) is 0.194. The van der Waals surface area contributed by atoms with Gasteiger partial charge in [-0.15, -0.1) is 0 Å². The van der Waals surface area contributed by atoms with Crippen LogP contribution in [0.15, 0.2) is 97.1 Å². The molecule has 0 saturated carbocycles. The SMILES string of the molecule is CC(C)(C)OC(=O)N(Cc1ccc2c(c1)[nH]c1cc(NCc3ccccc3)ccc12)c1ccccc1. The molecule has 36 heavy (non-hydrogen) atoms. The first kappa shape index (κ1) is 23.5. The number of hydrogen-bond acceptors (Lipinski definition) is 3. The molecule has 5 heteroatoms. The molecular weight excluding hydrogens is 446 g/mol. The van der Waals surface area contributed by atoms with Crippen LogP contribution in [0.4, 0.5) is 16.2 Å². The predicted octanol–water partition coefficient (Wildman–Crippen LogP) is 7.87. The van der Waals surface area contributed by atoms with Gasteiger partial charge in [0, 0.05) is 39.7 Å². The minimum absolute atomic E-state index is 0.362. The number of ether oxygens (including phenoxy) is 1. The van der Waals surface area contributed by atoms with E-state index in [1.165, 1.54) is 10.9 Å². The lowest BCUT2D eigenvalue weighted by atomic mass is 10.1. The summed E-state index contributed by atoms with van der Waals surface area (Å²) in [5.74, 6) is 0. The first-order valence-electron chi connectivity index (χ1n) is 12.2. The van der Waals surface area contributed by atoms with Crippen molar-refractivity contribution in [1.29, 1.82) is 0 Å². The van der Waals surface area contributed by atoms with Crippen LogP contribution in [0.3, 0.4) is 0 Å². The Morgan fingerprint density at radius 2 is 1.44 bits per heavy atom. The number of H-pyrrole nitrogens is 1. The van der Waals surface area contributed by atoms with Gasteiger partial charge < -0.3 is 15.0 Å². The third-order valence-electron chi connectivity index (χ3n) is 6.02. The number of carbonyl (C=O) groups is 1. The Labute approximate surface area is 211 Å². The number of benzene rings is 4. The number of para-hydroxylation sites is 1. The van der Waals surface area contributed by atoms with E-state index < -0.39 is 5.60 Å². The van der Waals surface area contributed by atoms with Crippen LogP contribution < -0.4 is 10.2 Å². The number of nitrogens with zero attached hydrogens (tertiary/aromatic N) is 1. The summed E-state index contributed by atoms with van der Waals surface area (Å²) in [5, 5.41) is 5.84. The van der Waals surface area contributed by atoms with Crippen molar-refractivity contribution < 1.29 is 9.53 Å². The Balaban J connectivity index is 1.40. The molecule has 0 bridgehead atoms. The molecule has 1 aromatic heterocycles. The first-order valence-corrected chi connectivity index (χ1v) is 12.2. The number of aromatic amines is 1. The maximum Gasteiger partial charge on any atom is 0.415 e. The largest absolute Gasteiger partial charge is 0.443 e. The average Bonchev–Trinajstić information content (AvgIpc) is 3.23. The van der Waals surface area contributed by atoms with Crippen LogP contribution in [0.2, 0.25) is 0 Å². The van der Waals surface area contributed by atoms with Gasteiger partial charge in [0.15, 0.2) is 0 Å². The molecule has 5 nitrogen and oxygen atoms in total. The molecule has 182 valence electrons. The fourth-order valence-corrected chi connectivity index (χ4v) is 4.33. The van der Waals surface area contributed by atoms with E-state index in [4.69, 9.17) is 4.74 Å². The number of amides is 1. The molecule has 0 fully saturated rings. The first-order chi connectivity index (χ1) is 17.4. The van der Waals surface area contributed by atoms with Gasteiger partial charge in [0.05, 0.1) is 6.54 Å². The molecule has 0 atom stereocenters. The number of aromatic nitrogens is 1. The molecule has 4 aromatic carbocycles. The van der Waals surface area contributed by atoms with Crippen LogP contribution in [0.25, 0.3) is 21.8 Å². The molecule has 2 N–H and O–H groups in total. The van der Waals surface area contributed by atoms with Crippen molar-refractivity contribution in [3.63, 3.8) is 0 Å². The van der Waals surface area contributed by atoms with E-state index in [9.17, 15) is 4.79 Å². The lowest BCUT2D eigenvalue weighted by Gasteiger charge is -2.27. The van der Waals surface area contributed by atoms with Crippen molar-refractivity contribution in [3.05, 3.63) is 108 Å². The zero-order valence-corrected chi connectivity index (χ0v) is 20.9. The van der Waals surface area contributed by atoms with Crippen molar-refractivity contribution in [2.24, 2.45) is 0 Å². The molecule has 1 heterocycles. The van der Waals surface area contributed by atoms with Gasteiger partial charge in [-0.1, -0.05) is 66.7 Å². The van der Waals surface area contributed by atoms with Gasteiger partial charge in [-0.3, -0.25) is 4.90 Å². The Morgan fingerprint density at radius 1 is 0.806 bits per heavy atom. The zero-order valence-electron chi connectivity index (χ0n) is 20.9. The fourth-order valence-electron chi connectivity index (χ4n) is 4.33. The second-order valence-electron chi connectivity index (χ2n) is 10.0. The van der Waals surface area contributed by atoms with Crippen LogP contribution in [-0.2, 0) is 17.8 Å². The van der Waals surface area contributed by atoms with Crippen molar-refractivity contribution in [3.8, 4) is 0 Å². The van der Waals surface area contributed by atoms with Crippen LogP contribution in [0.1, 0.15) is 31.9 Å². The Morgan fingerprint density at radius 3 is 2.14 bits per heavy atom. The van der Waals surface area contributed by atoms with Crippen LogP contribution >= 0.6 is 0 Å². The van der Waals surface area contributed by atoms with Crippen molar-refractivity contribution in [2.45, 2.75) is 39.5 Å². The smallest absolute Gasteiger partial charge is 0.415 e. The van der Waals surface area contributed by atoms with Gasteiger partial charge in [0.25, 0.3) is 0 Å². The zero-order chi connectivity index (χ0) is 25.1. The highest BCUT2D eigenvalue weighted by atomic mass is 16.6. The highest BCUT2D eigenvalue weighted by Gasteiger charge is 2.23. The highest BCUT2D eigenvalue weighted by molar-refractivity contribution is 6.08. The molecule has 0 radical (unpaired) electrons. The quantitative estimate of drug-likeness (QED) is 0.262. The molecule has 0 saturated heterocycles. The van der Waals surface area contributed by atoms with Gasteiger partial charge in [-0.05, 0) is 62.2 Å². The summed E-state index contributed by atoms with van der Waals surface area (Å²) in [5.41, 5.74) is 5.68. The molecule has 0 unspecified atom stereocenters. The highest BCUT2D eigenvalue weighted by Crippen LogP contribution is 2.29. The summed E-state index contributed by atoms with van der Waals surface area (Å²) < 4.78 is 5.70. The summed E-state index contributed by atoms with van der Waals surface area (Å²) in [7, 11) is 0. The molecule has 0 spiro atoms. The normalized spacial score (nSPS) is 11.5. The van der Waals surface area contributed by atoms with Crippen LogP contribution in [0, 0.1) is 0 Å². The molecular formula is C31H31N3O2. The second-order valence-corrected chi connectivity index (χ2v) is 10.0. The Hall–Kier alpha value is -4.25. The van der Waals surface area contributed by atoms with E-state index in [0.29, 0.717) is 6.54 Å². The molecule has 5 rings (SSSR count). The van der Waals surface area contributed by atoms with Crippen LogP contribution in [-0.4, -0.2) is 16.7 Å². The Kier molecular flexibility index (Phi) is 6.38. The number of nitrogens with one attached hydrogen (secondary N) is 2. The summed E-state index contributed by atoms with van der Waals surface area (Å²) in [6.07, 6.45) is -0.362. The van der Waals surface area contributed by atoms with E-state index in [1.807, 2.05) is 57.2 Å². The van der Waals surface area contributed by atoms with Gasteiger partial charge in [0.2, 0.25) is 0 Å². The Bertz CT molecular complexity index is 1480. The van der Waals surface area contributed by atoms with Gasteiger partial charge >= 0.3 is 6.09 Å². The summed E-state index contributed by atoms with van der Waals surface area (Å²) in [6.45, 7) is 6.83. The molecule has 1 amide bonds. The number of hydrogen-bond donors (Lipinski definition) is 2. The van der Waals surface area contributed by atoms with Crippen molar-refractivity contribution in [2.75, 3.05) is 10.2 Å². The van der Waals surface area contributed by atoms with Crippen molar-refractivity contribution >= 4 is 39.3 Å². The van der Waals surface area contributed by atoms with E-state index >= 15 is 0 Å². The van der Waals surface area contributed by atoms with E-state index in [2.05, 4.69) is 71.0 Å². The minimum atomic E-state index is -0.572. The van der Waals surface area contributed by atoms with Gasteiger partial charge in [-0.25, -0.2) is 4.79 Å². The predicted molar refractivity (Wildman–Crippen MR) is 148 cm³/mol. The van der Waals surface area contributed by atoms with Gasteiger partial charge in [0.1, 0.15) is 5.60 Å². The standard InChI is InChI=1S/C31H31N3O2/c1-31(2,3)36-30(35)34(25-12-8-5-9-13-25)21-23-14-16-26-27-17-15-24(19-29(27)33-28(26)18-23)32-20-22-10-6-4-7-11-22/h4-19,32-33H,20-21H2,1-3H3. The third kappa shape index (κ3) is 5.36. The third-order valence-corrected chi connectivity index (χ3v) is 6.02. The molecule has 0 aliphatic carbocycles. The van der Waals surface area contributed by atoms with E-state index in [0.717, 1.165) is 39.9 Å². The molecule has 5 aromatic rings. The van der Waals surface area contributed by atoms with Crippen molar-refractivity contribution in [1.82, 2.24) is 4.98 Å². The van der Waals surface area contributed by atoms with E-state index in [1.54, 1.807) is 4.90 Å². The maximum absolute atomic E-state index is 13.1. The summed E-state index contributed by atoms with van der Waals surface area (Å²) >= 11 is 0. The number of rotatable bonds is 6. The topological polar surface area (TPSA) is 57.4 Å². The minimum Gasteiger partial charge on any atom is -0.443 e. The van der Waals surface area contributed by atoms with Gasteiger partial charge in [-0.2, -0.15) is 0 Å². The lowest BCUT2D eigenvalue weighted by Crippen LogP contribution is -2.36. The monoisotopic (exact) mass is 477 g/mol. The summed E-state index contributed by atoms with van der Waals surface area (Å²) in [4.78, 5) is 18.3. The second kappa shape index (κ2) is 9.78. The van der Waals surface area contributed by atoms with Crippen LogP contribution in [0.5, 0.6) is 0 Å². The van der Waals surface area contributed by atoms with E-state index in [-0.39, 0.29) is 6.09 Å². The molecule has 0 aliphatic rings. The lowest BCUT2D eigenvalue weighted by molar-refractivity contribution is 0.0577. The maximum atomic E-state index is 13.1.